The molecule has 0 saturated carbocycles. The van der Waals surface area contributed by atoms with Crippen molar-refractivity contribution in [3.05, 3.63) is 0 Å². The van der Waals surface area contributed by atoms with E-state index in [0.29, 0.717) is 19.4 Å². The van der Waals surface area contributed by atoms with Gasteiger partial charge in [-0.05, 0) is 122 Å². The van der Waals surface area contributed by atoms with Crippen molar-refractivity contribution >= 4 is 47.5 Å². The van der Waals surface area contributed by atoms with E-state index in [9.17, 15) is 38.4 Å². The number of carbonyl (C=O) groups is 8. The summed E-state index contributed by atoms with van der Waals surface area (Å²) in [6.07, 6.45) is 19.5. The second kappa shape index (κ2) is 35.8. The monoisotopic (exact) mass is 1010 g/mol. The second-order valence-corrected chi connectivity index (χ2v) is 23.0. The number of hydrogen-bond donors (Lipinski definition) is 4. The molecule has 0 aliphatic rings. The molecule has 16 nitrogen and oxygen atoms in total. The van der Waals surface area contributed by atoms with Crippen molar-refractivity contribution in [1.29, 1.82) is 0 Å². The van der Waals surface area contributed by atoms with E-state index in [1.54, 1.807) is 62.3 Å². The molecule has 16 heteroatoms. The highest BCUT2D eigenvalue weighted by atomic mass is 16.6. The number of ether oxygens (including phenoxy) is 4. The summed E-state index contributed by atoms with van der Waals surface area (Å²) < 4.78 is 22.0. The first kappa shape index (κ1) is 66.8. The summed E-state index contributed by atoms with van der Waals surface area (Å²) in [7, 11) is 0. The summed E-state index contributed by atoms with van der Waals surface area (Å²) in [5, 5.41) is 10.8. The van der Waals surface area contributed by atoms with Gasteiger partial charge in [-0.2, -0.15) is 0 Å². The fourth-order valence-corrected chi connectivity index (χ4v) is 7.41. The smallest absolute Gasteiger partial charge is 0.329 e. The van der Waals surface area contributed by atoms with Gasteiger partial charge in [-0.25, -0.2) is 14.4 Å². The maximum absolute atomic E-state index is 13.4. The molecule has 4 amide bonds. The van der Waals surface area contributed by atoms with E-state index < -0.39 is 70.3 Å². The van der Waals surface area contributed by atoms with Crippen molar-refractivity contribution in [3.8, 4) is 0 Å². The third kappa shape index (κ3) is 41.0. The first-order valence-electron chi connectivity index (χ1n) is 27.1. The molecule has 0 unspecified atom stereocenters. The van der Waals surface area contributed by atoms with E-state index in [-0.39, 0.29) is 62.7 Å². The predicted octanol–water partition coefficient (Wildman–Crippen LogP) is 10.1. The molecule has 0 saturated heterocycles. The Morgan fingerprint density at radius 3 is 0.901 bits per heavy atom. The van der Waals surface area contributed by atoms with Crippen molar-refractivity contribution in [2.75, 3.05) is 6.54 Å². The summed E-state index contributed by atoms with van der Waals surface area (Å²) in [6, 6.07) is -3.50. The molecule has 0 bridgehead atoms. The predicted molar refractivity (Wildman–Crippen MR) is 278 cm³/mol. The van der Waals surface area contributed by atoms with Gasteiger partial charge < -0.3 is 40.2 Å². The van der Waals surface area contributed by atoms with Gasteiger partial charge in [-0.3, -0.25) is 24.0 Å². The molecule has 0 radical (unpaired) electrons. The van der Waals surface area contributed by atoms with Crippen LogP contribution in [0, 0.1) is 0 Å². The van der Waals surface area contributed by atoms with Crippen LogP contribution in [0.4, 0.5) is 0 Å². The molecule has 0 aliphatic heterocycles. The van der Waals surface area contributed by atoms with E-state index in [2.05, 4.69) is 21.3 Å². The van der Waals surface area contributed by atoms with Crippen molar-refractivity contribution in [2.24, 2.45) is 0 Å². The molecule has 3 atom stereocenters. The van der Waals surface area contributed by atoms with Crippen molar-refractivity contribution < 1.29 is 57.3 Å². The Kier molecular flexibility index (Phi) is 33.7. The number of hydrogen-bond acceptors (Lipinski definition) is 12. The maximum atomic E-state index is 13.4. The molecule has 0 heterocycles. The van der Waals surface area contributed by atoms with Gasteiger partial charge >= 0.3 is 23.9 Å². The van der Waals surface area contributed by atoms with Gasteiger partial charge in [0.1, 0.15) is 40.5 Å². The lowest BCUT2D eigenvalue weighted by atomic mass is 10.0. The average molecular weight is 1010 g/mol. The minimum Gasteiger partial charge on any atom is -0.460 e. The van der Waals surface area contributed by atoms with Crippen LogP contribution in [0.25, 0.3) is 0 Å². The van der Waals surface area contributed by atoms with E-state index in [1.807, 2.05) is 27.7 Å². The highest BCUT2D eigenvalue weighted by Gasteiger charge is 2.32. The van der Waals surface area contributed by atoms with Crippen LogP contribution in [0.2, 0.25) is 0 Å². The highest BCUT2D eigenvalue weighted by Crippen LogP contribution is 2.18. The topological polar surface area (TPSA) is 222 Å². The van der Waals surface area contributed by atoms with E-state index in [4.69, 9.17) is 18.9 Å². The summed E-state index contributed by atoms with van der Waals surface area (Å²) in [6.45, 7) is 23.4. The lowest BCUT2D eigenvalue weighted by Gasteiger charge is -2.26. The van der Waals surface area contributed by atoms with Gasteiger partial charge in [-0.15, -0.1) is 0 Å². The van der Waals surface area contributed by atoms with Crippen molar-refractivity contribution in [1.82, 2.24) is 21.3 Å². The number of unbranched alkanes of at least 4 members (excludes halogenated alkanes) is 16. The molecule has 0 aromatic heterocycles. The van der Waals surface area contributed by atoms with Crippen LogP contribution in [0.5, 0.6) is 0 Å². The molecule has 0 aliphatic carbocycles. The van der Waals surface area contributed by atoms with Gasteiger partial charge in [-0.1, -0.05) is 103 Å². The fourth-order valence-electron chi connectivity index (χ4n) is 7.41. The van der Waals surface area contributed by atoms with Crippen LogP contribution in [0.15, 0.2) is 0 Å². The van der Waals surface area contributed by atoms with E-state index in [1.165, 1.54) is 57.8 Å². The molecule has 0 rings (SSSR count). The molecule has 412 valence electrons. The van der Waals surface area contributed by atoms with Crippen LogP contribution in [0.1, 0.15) is 257 Å². The quantitative estimate of drug-likeness (QED) is 0.0259. The minimum atomic E-state index is -1.26. The number of esters is 4. The van der Waals surface area contributed by atoms with Gasteiger partial charge in [0.05, 0.1) is 0 Å². The Labute approximate surface area is 428 Å². The first-order valence-corrected chi connectivity index (χ1v) is 27.1. The first-order chi connectivity index (χ1) is 33.0. The lowest BCUT2D eigenvalue weighted by molar-refractivity contribution is -0.160. The van der Waals surface area contributed by atoms with E-state index >= 15 is 0 Å². The van der Waals surface area contributed by atoms with Crippen LogP contribution in [-0.2, 0) is 57.3 Å². The van der Waals surface area contributed by atoms with E-state index in [0.717, 1.165) is 51.4 Å². The lowest BCUT2D eigenvalue weighted by Crippen LogP contribution is -2.48. The molecule has 71 heavy (non-hydrogen) atoms. The fraction of sp³-hybridized carbons (Fsp3) is 0.855. The number of amides is 4. The van der Waals surface area contributed by atoms with Crippen LogP contribution in [0.3, 0.4) is 0 Å². The third-order valence-electron chi connectivity index (χ3n) is 10.9. The molecule has 0 aromatic rings. The largest absolute Gasteiger partial charge is 0.460 e. The normalized spacial score (nSPS) is 13.3. The number of rotatable bonds is 37. The zero-order chi connectivity index (χ0) is 54.1. The van der Waals surface area contributed by atoms with Crippen molar-refractivity contribution in [3.63, 3.8) is 0 Å². The molecular weight excluding hydrogens is 909 g/mol. The standard InChI is InChI=1S/C55H100N4O12/c1-14-15-40-56-44(60)37-34-41(49(65)69-53(5,6)7)58-46(62)39-36-43(51(67)71-55(11,12)13)59-47(63)38-35-42(50(66)70-54(8,9)10)57-45(61)32-30-28-26-24-22-20-18-16-17-19-21-23-25-27-29-31-33-48(64)68-52(2,3)4/h41-43H,14-40H2,1-13H3,(H,56,60)(H,57,61)(H,58,62)(H,59,63)/t41-,42-,43-/m0/s1. The Hall–Kier alpha value is -4.24. The Balaban J connectivity index is 5.03. The summed E-state index contributed by atoms with van der Waals surface area (Å²) in [5.41, 5.74) is -3.02. The van der Waals surface area contributed by atoms with Gasteiger partial charge in [0.15, 0.2) is 0 Å². The molecule has 0 aromatic carbocycles. The zero-order valence-electron chi connectivity index (χ0n) is 46.7. The van der Waals surface area contributed by atoms with Gasteiger partial charge in [0.2, 0.25) is 23.6 Å². The van der Waals surface area contributed by atoms with Gasteiger partial charge in [0.25, 0.3) is 0 Å². The molecule has 0 fully saturated rings. The minimum absolute atomic E-state index is 0.00740. The SMILES string of the molecule is CCCCNC(=O)CC[C@H](NC(=O)CC[C@H](NC(=O)CC[C@H](NC(=O)CCCCCCCCCCCCCCCCCCC(=O)OC(C)(C)C)C(=O)OC(C)(C)C)C(=O)OC(C)(C)C)C(=O)OC(C)(C)C. The maximum Gasteiger partial charge on any atom is 0.329 e. The second-order valence-electron chi connectivity index (χ2n) is 23.0. The summed E-state index contributed by atoms with van der Waals surface area (Å²) in [5.74, 6) is -4.06. The zero-order valence-corrected chi connectivity index (χ0v) is 46.7. The molecule has 4 N–H and O–H groups in total. The Bertz CT molecular complexity index is 1590. The van der Waals surface area contributed by atoms with Crippen molar-refractivity contribution in [2.45, 2.75) is 297 Å². The average Bonchev–Trinajstić information content (AvgIpc) is 3.22. The van der Waals surface area contributed by atoms with Crippen LogP contribution < -0.4 is 21.3 Å². The Morgan fingerprint density at radius 2 is 0.606 bits per heavy atom. The number of carbonyl (C=O) groups excluding carboxylic acids is 8. The summed E-state index contributed by atoms with van der Waals surface area (Å²) in [4.78, 5) is 104. The molecular formula is C55H100N4O12. The highest BCUT2D eigenvalue weighted by molar-refractivity contribution is 5.88. The molecule has 0 spiro atoms. The van der Waals surface area contributed by atoms with Crippen LogP contribution in [-0.4, -0.2) is 94.6 Å². The van der Waals surface area contributed by atoms with Crippen LogP contribution >= 0.6 is 0 Å². The Morgan fingerprint density at radius 1 is 0.338 bits per heavy atom. The van der Waals surface area contributed by atoms with Gasteiger partial charge in [0, 0.05) is 38.6 Å². The summed E-state index contributed by atoms with van der Waals surface area (Å²) >= 11 is 0. The number of nitrogens with one attached hydrogen (secondary N) is 4. The third-order valence-corrected chi connectivity index (χ3v) is 10.9.